The van der Waals surface area contributed by atoms with E-state index in [1.165, 1.54) is 19.3 Å². The highest BCUT2D eigenvalue weighted by molar-refractivity contribution is 7.79. The Bertz CT molecular complexity index is 205. The van der Waals surface area contributed by atoms with Gasteiger partial charge < -0.3 is 5.73 Å². The number of nitrogens with two attached hydrogens (primary N) is 1. The van der Waals surface area contributed by atoms with E-state index < -0.39 is 10.4 Å². The van der Waals surface area contributed by atoms with Gasteiger partial charge in [-0.1, -0.05) is 26.7 Å². The average Bonchev–Trinajstić information content (AvgIpc) is 1.80. The first-order chi connectivity index (χ1) is 6.16. The van der Waals surface area contributed by atoms with Gasteiger partial charge in [-0.15, -0.1) is 0 Å². The fourth-order valence-corrected chi connectivity index (χ4v) is 1.25. The van der Waals surface area contributed by atoms with Crippen LogP contribution in [-0.4, -0.2) is 23.6 Å². The van der Waals surface area contributed by atoms with Crippen molar-refractivity contribution in [1.82, 2.24) is 0 Å². The van der Waals surface area contributed by atoms with Crippen LogP contribution >= 0.6 is 0 Å². The van der Waals surface area contributed by atoms with Gasteiger partial charge in [0.25, 0.3) is 0 Å². The Labute approximate surface area is 86.3 Å². The van der Waals surface area contributed by atoms with Gasteiger partial charge in [0.05, 0.1) is 0 Å². The lowest BCUT2D eigenvalue weighted by Gasteiger charge is -2.11. The summed E-state index contributed by atoms with van der Waals surface area (Å²) in [5, 5.41) is 0. The zero-order valence-electron chi connectivity index (χ0n) is 8.97. The van der Waals surface area contributed by atoms with Crippen molar-refractivity contribution in [3.05, 3.63) is 0 Å². The summed E-state index contributed by atoms with van der Waals surface area (Å²) in [7, 11) is -4.67. The van der Waals surface area contributed by atoms with Gasteiger partial charge in [0.1, 0.15) is 0 Å². The first kappa shape index (κ1) is 16.3. The predicted molar refractivity (Wildman–Crippen MR) is 56.5 cm³/mol. The minimum absolute atomic E-state index is 0.381. The maximum absolute atomic E-state index is 8.74. The van der Waals surface area contributed by atoms with Crippen LogP contribution in [0.25, 0.3) is 0 Å². The van der Waals surface area contributed by atoms with Crippen LogP contribution in [0, 0.1) is 5.92 Å². The van der Waals surface area contributed by atoms with Gasteiger partial charge in [0.15, 0.2) is 0 Å². The molecule has 2 atom stereocenters. The van der Waals surface area contributed by atoms with Gasteiger partial charge in [-0.3, -0.25) is 9.11 Å². The molecule has 0 aromatic heterocycles. The molecular formula is C8H21NO4S. The van der Waals surface area contributed by atoms with Crippen molar-refractivity contribution < 1.29 is 17.5 Å². The summed E-state index contributed by atoms with van der Waals surface area (Å²) >= 11 is 0. The molecule has 0 fully saturated rings. The fraction of sp³-hybridized carbons (Fsp3) is 1.00. The zero-order chi connectivity index (χ0) is 11.8. The van der Waals surface area contributed by atoms with E-state index in [9.17, 15) is 0 Å². The molecule has 14 heavy (non-hydrogen) atoms. The number of hydrogen-bond donors (Lipinski definition) is 3. The first-order valence-corrected chi connectivity index (χ1v) is 6.02. The molecule has 0 spiro atoms. The molecule has 88 valence electrons. The predicted octanol–water partition coefficient (Wildman–Crippen LogP) is 1.51. The molecular weight excluding hydrogens is 206 g/mol. The van der Waals surface area contributed by atoms with Crippen molar-refractivity contribution in [2.45, 2.75) is 46.1 Å². The van der Waals surface area contributed by atoms with Gasteiger partial charge in [0, 0.05) is 6.04 Å². The summed E-state index contributed by atoms with van der Waals surface area (Å²) in [5.41, 5.74) is 5.62. The molecule has 0 saturated carbocycles. The second-order valence-corrected chi connectivity index (χ2v) is 4.45. The van der Waals surface area contributed by atoms with Crippen molar-refractivity contribution in [3.8, 4) is 0 Å². The van der Waals surface area contributed by atoms with E-state index in [-0.39, 0.29) is 0 Å². The monoisotopic (exact) mass is 227 g/mol. The number of hydrogen-bond acceptors (Lipinski definition) is 3. The lowest BCUT2D eigenvalue weighted by atomic mass is 9.99. The molecule has 0 heterocycles. The lowest BCUT2D eigenvalue weighted by Crippen LogP contribution is -2.18. The third-order valence-corrected chi connectivity index (χ3v) is 1.56. The summed E-state index contributed by atoms with van der Waals surface area (Å²) in [6.45, 7) is 6.57. The normalized spacial score (nSPS) is 15.3. The SMILES string of the molecule is CCCC(C)CC(C)N.O=S(=O)(O)O. The topological polar surface area (TPSA) is 101 Å². The highest BCUT2D eigenvalue weighted by Crippen LogP contribution is 2.10. The maximum Gasteiger partial charge on any atom is 0.394 e. The van der Waals surface area contributed by atoms with Crippen molar-refractivity contribution in [1.29, 1.82) is 0 Å². The molecule has 5 nitrogen and oxygen atoms in total. The Morgan fingerprint density at radius 1 is 1.29 bits per heavy atom. The standard InChI is InChI=1S/C8H19N.H2O4S/c1-4-5-7(2)6-8(3)9;1-5(2,3)4/h7-8H,4-6,9H2,1-3H3;(H2,1,2,3,4). The average molecular weight is 227 g/mol. The minimum Gasteiger partial charge on any atom is -0.328 e. The Balaban J connectivity index is 0. The van der Waals surface area contributed by atoms with Gasteiger partial charge in [0.2, 0.25) is 0 Å². The summed E-state index contributed by atoms with van der Waals surface area (Å²) in [6.07, 6.45) is 3.78. The minimum atomic E-state index is -4.67. The highest BCUT2D eigenvalue weighted by atomic mass is 32.3. The summed E-state index contributed by atoms with van der Waals surface area (Å²) < 4.78 is 31.6. The summed E-state index contributed by atoms with van der Waals surface area (Å²) in [4.78, 5) is 0. The molecule has 0 amide bonds. The van der Waals surface area contributed by atoms with E-state index in [0.717, 1.165) is 5.92 Å². The molecule has 0 rings (SSSR count). The molecule has 0 radical (unpaired) electrons. The van der Waals surface area contributed by atoms with Crippen molar-refractivity contribution in [2.24, 2.45) is 11.7 Å². The Hall–Kier alpha value is -0.170. The van der Waals surface area contributed by atoms with Gasteiger partial charge >= 0.3 is 10.4 Å². The molecule has 2 unspecified atom stereocenters. The van der Waals surface area contributed by atoms with Crippen molar-refractivity contribution in [3.63, 3.8) is 0 Å². The smallest absolute Gasteiger partial charge is 0.328 e. The van der Waals surface area contributed by atoms with E-state index in [2.05, 4.69) is 20.8 Å². The fourth-order valence-electron chi connectivity index (χ4n) is 1.25. The molecule has 0 saturated heterocycles. The van der Waals surface area contributed by atoms with Crippen LogP contribution < -0.4 is 5.73 Å². The first-order valence-electron chi connectivity index (χ1n) is 4.62. The molecule has 0 aromatic carbocycles. The quantitative estimate of drug-likeness (QED) is 0.632. The van der Waals surface area contributed by atoms with Crippen LogP contribution in [-0.2, 0) is 10.4 Å². The van der Waals surface area contributed by atoms with Gasteiger partial charge in [-0.05, 0) is 19.3 Å². The Morgan fingerprint density at radius 3 is 1.86 bits per heavy atom. The van der Waals surface area contributed by atoms with E-state index in [0.29, 0.717) is 6.04 Å². The highest BCUT2D eigenvalue weighted by Gasteiger charge is 2.02. The van der Waals surface area contributed by atoms with E-state index in [1.807, 2.05) is 0 Å². The second kappa shape index (κ2) is 8.16. The zero-order valence-corrected chi connectivity index (χ0v) is 9.79. The van der Waals surface area contributed by atoms with Crippen LogP contribution in [0.3, 0.4) is 0 Å². The van der Waals surface area contributed by atoms with Crippen LogP contribution in [0.4, 0.5) is 0 Å². The third-order valence-electron chi connectivity index (χ3n) is 1.56. The number of rotatable bonds is 4. The molecule has 0 bridgehead atoms. The largest absolute Gasteiger partial charge is 0.394 e. The van der Waals surface area contributed by atoms with Crippen LogP contribution in [0.2, 0.25) is 0 Å². The van der Waals surface area contributed by atoms with Crippen molar-refractivity contribution >= 4 is 10.4 Å². The van der Waals surface area contributed by atoms with Crippen molar-refractivity contribution in [2.75, 3.05) is 0 Å². The van der Waals surface area contributed by atoms with E-state index in [1.54, 1.807) is 0 Å². The molecule has 0 aliphatic carbocycles. The molecule has 0 aliphatic heterocycles. The maximum atomic E-state index is 8.74. The van der Waals surface area contributed by atoms with Crippen LogP contribution in [0.1, 0.15) is 40.0 Å². The van der Waals surface area contributed by atoms with Gasteiger partial charge in [-0.25, -0.2) is 0 Å². The Kier molecular flexibility index (Phi) is 9.49. The molecule has 0 aromatic rings. The summed E-state index contributed by atoms with van der Waals surface area (Å²) in [5.74, 6) is 0.815. The van der Waals surface area contributed by atoms with E-state index in [4.69, 9.17) is 23.3 Å². The molecule has 6 heteroatoms. The lowest BCUT2D eigenvalue weighted by molar-refractivity contribution is 0.381. The molecule has 4 N–H and O–H groups in total. The van der Waals surface area contributed by atoms with Gasteiger partial charge in [-0.2, -0.15) is 8.42 Å². The van der Waals surface area contributed by atoms with Crippen LogP contribution in [0.15, 0.2) is 0 Å². The second-order valence-electron chi connectivity index (χ2n) is 3.55. The van der Waals surface area contributed by atoms with E-state index >= 15 is 0 Å². The molecule has 0 aliphatic rings. The van der Waals surface area contributed by atoms with Crippen LogP contribution in [0.5, 0.6) is 0 Å². The summed E-state index contributed by atoms with van der Waals surface area (Å²) in [6, 6.07) is 0.381. The third kappa shape index (κ3) is 29.7. The Morgan fingerprint density at radius 2 is 1.64 bits per heavy atom.